The molecule has 0 aromatic rings. The van der Waals surface area contributed by atoms with Gasteiger partial charge in [0.2, 0.25) is 0 Å². The summed E-state index contributed by atoms with van der Waals surface area (Å²) in [5, 5.41) is 0. The highest BCUT2D eigenvalue weighted by atomic mass is 35.6. The second-order valence-corrected chi connectivity index (χ2v) is 4.56. The van der Waals surface area contributed by atoms with Crippen molar-refractivity contribution in [1.29, 1.82) is 0 Å². The molecule has 0 aliphatic carbocycles. The molecule has 0 amide bonds. The number of esters is 1. The highest BCUT2D eigenvalue weighted by molar-refractivity contribution is 6.67. The largest absolute Gasteiger partial charge is 0.469 e. The Morgan fingerprint density at radius 1 is 1.45 bits per heavy atom. The summed E-state index contributed by atoms with van der Waals surface area (Å²) in [5.74, 6) is -0.278. The van der Waals surface area contributed by atoms with Gasteiger partial charge in [-0.1, -0.05) is 34.8 Å². The van der Waals surface area contributed by atoms with Crippen molar-refractivity contribution in [2.45, 2.75) is 23.1 Å². The number of carbonyl (C=O) groups excluding carboxylic acids is 1. The van der Waals surface area contributed by atoms with Crippen molar-refractivity contribution in [3.05, 3.63) is 0 Å². The van der Waals surface area contributed by atoms with Gasteiger partial charge >= 0.3 is 5.97 Å². The average molecular weight is 219 g/mol. The molecule has 0 unspecified atom stereocenters. The standard InChI is InChI=1S/C6H9Cl3O2/c1-11-5(10)3-2-4-6(7,8)9/h2-4H2,1H3. The molecule has 0 aliphatic heterocycles. The fourth-order valence-electron chi connectivity index (χ4n) is 0.535. The molecule has 66 valence electrons. The molecule has 0 radical (unpaired) electrons. The van der Waals surface area contributed by atoms with Crippen LogP contribution in [0.1, 0.15) is 19.3 Å². The molecule has 0 bridgehead atoms. The van der Waals surface area contributed by atoms with E-state index < -0.39 is 3.79 Å². The summed E-state index contributed by atoms with van der Waals surface area (Å²) >= 11 is 16.3. The molecular formula is C6H9Cl3O2. The molecule has 2 nitrogen and oxygen atoms in total. The van der Waals surface area contributed by atoms with E-state index in [2.05, 4.69) is 4.74 Å². The number of alkyl halides is 3. The maximum Gasteiger partial charge on any atom is 0.305 e. The number of hydrogen-bond donors (Lipinski definition) is 0. The average Bonchev–Trinajstić information content (AvgIpc) is 1.85. The molecule has 0 saturated heterocycles. The van der Waals surface area contributed by atoms with Crippen LogP contribution < -0.4 is 0 Å². The second kappa shape index (κ2) is 5.07. The Morgan fingerprint density at radius 2 is 2.00 bits per heavy atom. The highest BCUT2D eigenvalue weighted by Gasteiger charge is 2.19. The minimum atomic E-state index is -1.26. The summed E-state index contributed by atoms with van der Waals surface area (Å²) in [7, 11) is 1.33. The lowest BCUT2D eigenvalue weighted by atomic mass is 10.2. The minimum Gasteiger partial charge on any atom is -0.469 e. The quantitative estimate of drug-likeness (QED) is 0.539. The number of carbonyl (C=O) groups is 1. The molecule has 5 heteroatoms. The molecule has 0 aromatic carbocycles. The third kappa shape index (κ3) is 8.24. The lowest BCUT2D eigenvalue weighted by Crippen LogP contribution is -2.05. The first-order chi connectivity index (χ1) is 4.95. The summed E-state index contributed by atoms with van der Waals surface area (Å²) in [6.45, 7) is 0. The highest BCUT2D eigenvalue weighted by Crippen LogP contribution is 2.31. The van der Waals surface area contributed by atoms with E-state index in [0.717, 1.165) is 0 Å². The summed E-state index contributed by atoms with van der Waals surface area (Å²) < 4.78 is 3.14. The van der Waals surface area contributed by atoms with E-state index in [-0.39, 0.29) is 5.97 Å². The maximum atomic E-state index is 10.5. The van der Waals surface area contributed by atoms with Crippen molar-refractivity contribution in [3.8, 4) is 0 Å². The van der Waals surface area contributed by atoms with E-state index in [1.165, 1.54) is 7.11 Å². The number of hydrogen-bond acceptors (Lipinski definition) is 2. The van der Waals surface area contributed by atoms with Gasteiger partial charge in [0.1, 0.15) is 0 Å². The first-order valence-corrected chi connectivity index (χ1v) is 4.22. The molecule has 0 atom stereocenters. The first-order valence-electron chi connectivity index (χ1n) is 3.09. The van der Waals surface area contributed by atoms with Crippen LogP contribution in [0, 0.1) is 0 Å². The minimum absolute atomic E-state index is 0.278. The van der Waals surface area contributed by atoms with Gasteiger partial charge in [0.15, 0.2) is 3.79 Å². The van der Waals surface area contributed by atoms with Gasteiger partial charge in [-0.05, 0) is 12.8 Å². The van der Waals surface area contributed by atoms with E-state index in [0.29, 0.717) is 19.3 Å². The second-order valence-electron chi connectivity index (χ2n) is 2.04. The lowest BCUT2D eigenvalue weighted by Gasteiger charge is -2.08. The monoisotopic (exact) mass is 218 g/mol. The normalized spacial score (nSPS) is 11.3. The fourth-order valence-corrected chi connectivity index (χ4v) is 0.936. The third-order valence-corrected chi connectivity index (χ3v) is 1.64. The van der Waals surface area contributed by atoms with Gasteiger partial charge in [0.25, 0.3) is 0 Å². The Morgan fingerprint density at radius 3 is 2.36 bits per heavy atom. The van der Waals surface area contributed by atoms with E-state index in [4.69, 9.17) is 34.8 Å². The topological polar surface area (TPSA) is 26.3 Å². The molecule has 0 spiro atoms. The van der Waals surface area contributed by atoms with Crippen molar-refractivity contribution >= 4 is 40.8 Å². The molecule has 0 N–H and O–H groups in total. The van der Waals surface area contributed by atoms with Crippen LogP contribution in [-0.2, 0) is 9.53 Å². The molecule has 0 saturated carbocycles. The maximum absolute atomic E-state index is 10.5. The van der Waals surface area contributed by atoms with Crippen LogP contribution >= 0.6 is 34.8 Å². The first kappa shape index (κ1) is 11.3. The van der Waals surface area contributed by atoms with Crippen molar-refractivity contribution in [3.63, 3.8) is 0 Å². The van der Waals surface area contributed by atoms with E-state index in [9.17, 15) is 4.79 Å². The summed E-state index contributed by atoms with van der Waals surface area (Å²) in [4.78, 5) is 10.5. The van der Waals surface area contributed by atoms with Crippen LogP contribution in [0.4, 0.5) is 0 Å². The zero-order valence-corrected chi connectivity index (χ0v) is 8.34. The van der Waals surface area contributed by atoms with Crippen molar-refractivity contribution in [2.24, 2.45) is 0 Å². The van der Waals surface area contributed by atoms with Crippen molar-refractivity contribution < 1.29 is 9.53 Å². The van der Waals surface area contributed by atoms with Crippen LogP contribution in [0.25, 0.3) is 0 Å². The Labute approximate surface area is 80.7 Å². The van der Waals surface area contributed by atoms with E-state index in [1.807, 2.05) is 0 Å². The van der Waals surface area contributed by atoms with Gasteiger partial charge in [-0.15, -0.1) is 0 Å². The van der Waals surface area contributed by atoms with Gasteiger partial charge in [0.05, 0.1) is 7.11 Å². The SMILES string of the molecule is COC(=O)CCCC(Cl)(Cl)Cl. The van der Waals surface area contributed by atoms with Crippen LogP contribution in [0.2, 0.25) is 0 Å². The lowest BCUT2D eigenvalue weighted by molar-refractivity contribution is -0.140. The Kier molecular flexibility index (Phi) is 5.23. The summed E-state index contributed by atoms with van der Waals surface area (Å²) in [5.41, 5.74) is 0. The number of halogens is 3. The predicted molar refractivity (Wildman–Crippen MR) is 46.2 cm³/mol. The Bertz CT molecular complexity index is 130. The van der Waals surface area contributed by atoms with Crippen LogP contribution in [-0.4, -0.2) is 16.9 Å². The molecule has 0 heterocycles. The van der Waals surface area contributed by atoms with Crippen LogP contribution in [0.3, 0.4) is 0 Å². The van der Waals surface area contributed by atoms with Crippen molar-refractivity contribution in [1.82, 2.24) is 0 Å². The molecule has 11 heavy (non-hydrogen) atoms. The molecular weight excluding hydrogens is 210 g/mol. The molecule has 0 fully saturated rings. The van der Waals surface area contributed by atoms with Crippen LogP contribution in [0.15, 0.2) is 0 Å². The predicted octanol–water partition coefficient (Wildman–Crippen LogP) is 2.70. The van der Waals surface area contributed by atoms with Gasteiger partial charge < -0.3 is 4.74 Å². The number of ether oxygens (including phenoxy) is 1. The Hall–Kier alpha value is 0.340. The molecule has 0 aromatic heterocycles. The van der Waals surface area contributed by atoms with Gasteiger partial charge in [-0.2, -0.15) is 0 Å². The number of rotatable bonds is 3. The molecule has 0 rings (SSSR count). The molecule has 0 aliphatic rings. The zero-order valence-electron chi connectivity index (χ0n) is 6.07. The van der Waals surface area contributed by atoms with Crippen LogP contribution in [0.5, 0.6) is 0 Å². The Balaban J connectivity index is 3.35. The van der Waals surface area contributed by atoms with Gasteiger partial charge in [0, 0.05) is 6.42 Å². The van der Waals surface area contributed by atoms with E-state index in [1.54, 1.807) is 0 Å². The third-order valence-electron chi connectivity index (χ3n) is 1.07. The summed E-state index contributed by atoms with van der Waals surface area (Å²) in [6.07, 6.45) is 1.19. The zero-order chi connectivity index (χ0) is 8.91. The van der Waals surface area contributed by atoms with Gasteiger partial charge in [-0.3, -0.25) is 4.79 Å². The van der Waals surface area contributed by atoms with E-state index >= 15 is 0 Å². The number of methoxy groups -OCH3 is 1. The van der Waals surface area contributed by atoms with Crippen molar-refractivity contribution in [2.75, 3.05) is 7.11 Å². The van der Waals surface area contributed by atoms with Gasteiger partial charge in [-0.25, -0.2) is 0 Å². The fraction of sp³-hybridized carbons (Fsp3) is 0.833. The summed E-state index contributed by atoms with van der Waals surface area (Å²) in [6, 6.07) is 0. The smallest absolute Gasteiger partial charge is 0.305 e.